The number of rotatable bonds is 5. The van der Waals surface area contributed by atoms with E-state index in [1.54, 1.807) is 18.2 Å². The molecular weight excluding hydrogens is 478 g/mol. The Bertz CT molecular complexity index is 1540. The van der Waals surface area contributed by atoms with Crippen LogP contribution in [0.25, 0.3) is 10.2 Å². The molecule has 0 aliphatic heterocycles. The summed E-state index contributed by atoms with van der Waals surface area (Å²) < 4.78 is 30.9. The van der Waals surface area contributed by atoms with Crippen molar-refractivity contribution in [3.05, 3.63) is 87.2 Å². The Morgan fingerprint density at radius 3 is 2.52 bits per heavy atom. The van der Waals surface area contributed by atoms with Crippen molar-refractivity contribution in [3.63, 3.8) is 0 Å². The lowest BCUT2D eigenvalue weighted by Crippen LogP contribution is -2.16. The van der Waals surface area contributed by atoms with E-state index in [-0.39, 0.29) is 10.6 Å². The first-order valence-electron chi connectivity index (χ1n) is 10.3. The monoisotopic (exact) mass is 499 g/mol. The topological polar surface area (TPSA) is 80.5 Å². The number of anilines is 1. The zero-order chi connectivity index (χ0) is 23.8. The minimum absolute atomic E-state index is 0.0771. The van der Waals surface area contributed by atoms with E-state index in [1.807, 2.05) is 25.3 Å². The molecule has 0 fully saturated rings. The van der Waals surface area contributed by atoms with E-state index in [2.05, 4.69) is 21.8 Å². The van der Waals surface area contributed by atoms with Gasteiger partial charge in [-0.3, -0.25) is 9.52 Å². The van der Waals surface area contributed by atoms with Crippen LogP contribution in [0.4, 0.5) is 5.69 Å². The van der Waals surface area contributed by atoms with Gasteiger partial charge in [-0.1, -0.05) is 35.1 Å². The number of thiazole rings is 1. The maximum Gasteiger partial charge on any atom is 0.279 e. The fraction of sp³-hybridized carbons (Fsp3) is 0.167. The molecule has 1 aromatic heterocycles. The second-order valence-corrected chi connectivity index (χ2v) is 10.7. The van der Waals surface area contributed by atoms with Crippen LogP contribution in [-0.2, 0) is 16.6 Å². The molecule has 33 heavy (non-hydrogen) atoms. The van der Waals surface area contributed by atoms with Gasteiger partial charge in [0.15, 0.2) is 4.80 Å². The number of amides is 1. The Morgan fingerprint density at radius 1 is 1.09 bits per heavy atom. The number of carbonyl (C=O) groups excluding carboxylic acids is 1. The van der Waals surface area contributed by atoms with Gasteiger partial charge in [-0.05, 0) is 80.4 Å². The largest absolute Gasteiger partial charge is 0.317 e. The van der Waals surface area contributed by atoms with Gasteiger partial charge in [-0.2, -0.15) is 4.99 Å². The van der Waals surface area contributed by atoms with Gasteiger partial charge in [-0.15, -0.1) is 0 Å². The van der Waals surface area contributed by atoms with E-state index < -0.39 is 15.9 Å². The van der Waals surface area contributed by atoms with Crippen molar-refractivity contribution in [2.24, 2.45) is 4.99 Å². The number of aryl methyl sites for hydroxylation is 3. The lowest BCUT2D eigenvalue weighted by atomic mass is 10.1. The van der Waals surface area contributed by atoms with Crippen molar-refractivity contribution in [2.75, 3.05) is 4.72 Å². The van der Waals surface area contributed by atoms with E-state index in [0.717, 1.165) is 21.3 Å². The molecule has 1 heterocycles. The number of benzene rings is 3. The van der Waals surface area contributed by atoms with Crippen molar-refractivity contribution in [1.29, 1.82) is 0 Å². The second-order valence-electron chi connectivity index (χ2n) is 7.62. The number of aromatic nitrogens is 1. The van der Waals surface area contributed by atoms with Crippen molar-refractivity contribution in [3.8, 4) is 0 Å². The van der Waals surface area contributed by atoms with E-state index >= 15 is 0 Å². The molecule has 9 heteroatoms. The molecule has 0 aliphatic carbocycles. The molecule has 6 nitrogen and oxygen atoms in total. The van der Waals surface area contributed by atoms with Crippen LogP contribution in [0.3, 0.4) is 0 Å². The summed E-state index contributed by atoms with van der Waals surface area (Å²) >= 11 is 7.32. The van der Waals surface area contributed by atoms with Gasteiger partial charge >= 0.3 is 0 Å². The van der Waals surface area contributed by atoms with Crippen LogP contribution >= 0.6 is 22.9 Å². The molecule has 0 saturated heterocycles. The minimum atomic E-state index is -3.82. The SMILES string of the molecule is CCn1c(=NC(=O)c2cccc(NS(=O)(=O)c3ccc(Cl)cc3)c2)sc2c(C)cc(C)cc21. The van der Waals surface area contributed by atoms with Crippen LogP contribution in [0.15, 0.2) is 70.6 Å². The van der Waals surface area contributed by atoms with Crippen molar-refractivity contribution in [2.45, 2.75) is 32.2 Å². The molecule has 0 atom stereocenters. The Morgan fingerprint density at radius 2 is 1.82 bits per heavy atom. The van der Waals surface area contributed by atoms with Crippen molar-refractivity contribution in [1.82, 2.24) is 4.57 Å². The minimum Gasteiger partial charge on any atom is -0.317 e. The second kappa shape index (κ2) is 9.13. The highest BCUT2D eigenvalue weighted by Crippen LogP contribution is 2.24. The zero-order valence-corrected chi connectivity index (χ0v) is 20.7. The highest BCUT2D eigenvalue weighted by Gasteiger charge is 2.16. The molecule has 3 aromatic carbocycles. The maximum absolute atomic E-state index is 13.0. The van der Waals surface area contributed by atoms with Gasteiger partial charge < -0.3 is 4.57 Å². The van der Waals surface area contributed by atoms with E-state index in [1.165, 1.54) is 41.7 Å². The summed E-state index contributed by atoms with van der Waals surface area (Å²) in [7, 11) is -3.82. The summed E-state index contributed by atoms with van der Waals surface area (Å²) in [4.78, 5) is 18.0. The molecule has 0 bridgehead atoms. The third-order valence-corrected chi connectivity index (χ3v) is 7.99. The molecule has 1 amide bonds. The highest BCUT2D eigenvalue weighted by atomic mass is 35.5. The number of nitrogens with zero attached hydrogens (tertiary/aromatic N) is 2. The van der Waals surface area contributed by atoms with Gasteiger partial charge in [-0.25, -0.2) is 8.42 Å². The Labute approximate surface area is 201 Å². The maximum atomic E-state index is 13.0. The van der Waals surface area contributed by atoms with Crippen LogP contribution in [0.2, 0.25) is 5.02 Å². The summed E-state index contributed by atoms with van der Waals surface area (Å²) in [5.74, 6) is -0.439. The first-order valence-corrected chi connectivity index (χ1v) is 12.9. The predicted octanol–water partition coefficient (Wildman–Crippen LogP) is 5.53. The molecule has 170 valence electrons. The normalized spacial score (nSPS) is 12.3. The first-order chi connectivity index (χ1) is 15.7. The average molecular weight is 500 g/mol. The molecule has 0 radical (unpaired) electrons. The molecular formula is C24H22ClN3O3S2. The first kappa shape index (κ1) is 23.2. The lowest BCUT2D eigenvalue weighted by Gasteiger charge is -2.09. The smallest absolute Gasteiger partial charge is 0.279 e. The van der Waals surface area contributed by atoms with Crippen LogP contribution < -0.4 is 9.52 Å². The summed E-state index contributed by atoms with van der Waals surface area (Å²) in [5, 5.41) is 0.444. The average Bonchev–Trinajstić information content (AvgIpc) is 3.11. The lowest BCUT2D eigenvalue weighted by molar-refractivity contribution is 0.0998. The number of sulfonamides is 1. The highest BCUT2D eigenvalue weighted by molar-refractivity contribution is 7.92. The molecule has 0 aliphatic rings. The van der Waals surface area contributed by atoms with E-state index in [9.17, 15) is 13.2 Å². The van der Waals surface area contributed by atoms with Gasteiger partial charge in [0.05, 0.1) is 15.1 Å². The van der Waals surface area contributed by atoms with Gasteiger partial charge in [0.1, 0.15) is 0 Å². The number of hydrogen-bond donors (Lipinski definition) is 1. The Hall–Kier alpha value is -2.94. The molecule has 4 rings (SSSR count). The number of halogens is 1. The predicted molar refractivity (Wildman–Crippen MR) is 134 cm³/mol. The summed E-state index contributed by atoms with van der Waals surface area (Å²) in [6, 6.07) is 16.4. The van der Waals surface area contributed by atoms with E-state index in [0.29, 0.717) is 21.9 Å². The quantitative estimate of drug-likeness (QED) is 0.391. The zero-order valence-electron chi connectivity index (χ0n) is 18.3. The van der Waals surface area contributed by atoms with Gasteiger partial charge in [0.25, 0.3) is 15.9 Å². The Kier molecular flexibility index (Phi) is 6.43. The number of hydrogen-bond acceptors (Lipinski definition) is 4. The van der Waals surface area contributed by atoms with Crippen LogP contribution in [-0.4, -0.2) is 18.9 Å². The van der Waals surface area contributed by atoms with Gasteiger partial charge in [0.2, 0.25) is 0 Å². The van der Waals surface area contributed by atoms with E-state index in [4.69, 9.17) is 11.6 Å². The van der Waals surface area contributed by atoms with Crippen molar-refractivity contribution >= 4 is 54.8 Å². The molecule has 4 aromatic rings. The number of nitrogens with one attached hydrogen (secondary N) is 1. The van der Waals surface area contributed by atoms with Crippen LogP contribution in [0.5, 0.6) is 0 Å². The van der Waals surface area contributed by atoms with Crippen LogP contribution in [0, 0.1) is 13.8 Å². The summed E-state index contributed by atoms with van der Waals surface area (Å²) in [6.07, 6.45) is 0. The summed E-state index contributed by atoms with van der Waals surface area (Å²) in [6.45, 7) is 6.78. The third-order valence-electron chi connectivity index (χ3n) is 5.11. The fourth-order valence-electron chi connectivity index (χ4n) is 3.60. The summed E-state index contributed by atoms with van der Waals surface area (Å²) in [5.41, 5.74) is 3.91. The molecule has 1 N–H and O–H groups in total. The number of fused-ring (bicyclic) bond motifs is 1. The molecule has 0 unspecified atom stereocenters. The third kappa shape index (κ3) is 4.88. The molecule has 0 spiro atoms. The van der Waals surface area contributed by atoms with Gasteiger partial charge in [0, 0.05) is 22.8 Å². The van der Waals surface area contributed by atoms with Crippen LogP contribution in [0.1, 0.15) is 28.4 Å². The standard InChI is InChI=1S/C24H22ClN3O3S2/c1-4-28-21-13-15(2)12-16(3)22(21)32-24(28)26-23(29)17-6-5-7-19(14-17)27-33(30,31)20-10-8-18(25)9-11-20/h5-14,27H,4H2,1-3H3. The number of carbonyl (C=O) groups is 1. The van der Waals surface area contributed by atoms with Crippen molar-refractivity contribution < 1.29 is 13.2 Å². The molecule has 0 saturated carbocycles. The fourth-order valence-corrected chi connectivity index (χ4v) is 5.92. The Balaban J connectivity index is 1.68.